The van der Waals surface area contributed by atoms with Crippen molar-refractivity contribution in [2.75, 3.05) is 6.54 Å². The maximum absolute atomic E-state index is 11.9. The molecular weight excluding hydrogens is 276 g/mol. The lowest BCUT2D eigenvalue weighted by atomic mass is 9.69. The van der Waals surface area contributed by atoms with Crippen molar-refractivity contribution in [3.63, 3.8) is 0 Å². The minimum absolute atomic E-state index is 0.0712. The highest BCUT2D eigenvalue weighted by molar-refractivity contribution is 5.81. The van der Waals surface area contributed by atoms with Crippen molar-refractivity contribution in [3.8, 4) is 0 Å². The molecule has 1 aromatic rings. The molecule has 0 saturated heterocycles. The molecule has 21 heavy (non-hydrogen) atoms. The van der Waals surface area contributed by atoms with E-state index in [1.165, 1.54) is 18.2 Å². The van der Waals surface area contributed by atoms with Crippen molar-refractivity contribution < 1.29 is 19.6 Å². The molecule has 112 valence electrons. The predicted octanol–water partition coefficient (Wildman–Crippen LogP) is 1.51. The van der Waals surface area contributed by atoms with Crippen LogP contribution in [-0.2, 0) is 16.0 Å². The van der Waals surface area contributed by atoms with Gasteiger partial charge in [0.05, 0.1) is 16.8 Å². The van der Waals surface area contributed by atoms with Crippen LogP contribution in [0.4, 0.5) is 5.69 Å². The number of para-hydroxylation sites is 1. The van der Waals surface area contributed by atoms with Crippen molar-refractivity contribution >= 4 is 17.6 Å². The van der Waals surface area contributed by atoms with Gasteiger partial charge in [0.1, 0.15) is 0 Å². The zero-order valence-electron chi connectivity index (χ0n) is 11.4. The lowest BCUT2D eigenvalue weighted by Gasteiger charge is -2.37. The highest BCUT2D eigenvalue weighted by Crippen LogP contribution is 2.40. The van der Waals surface area contributed by atoms with Crippen LogP contribution in [0.1, 0.15) is 24.8 Å². The number of hydrogen-bond donors (Lipinski definition) is 2. The first-order valence-electron chi connectivity index (χ1n) is 6.67. The van der Waals surface area contributed by atoms with Crippen molar-refractivity contribution in [1.29, 1.82) is 0 Å². The molecule has 7 nitrogen and oxygen atoms in total. The number of nitrogens with one attached hydrogen (secondary N) is 1. The first kappa shape index (κ1) is 15.0. The van der Waals surface area contributed by atoms with Gasteiger partial charge in [0.15, 0.2) is 0 Å². The van der Waals surface area contributed by atoms with Gasteiger partial charge in [-0.25, -0.2) is 0 Å². The van der Waals surface area contributed by atoms with Gasteiger partial charge in [-0.1, -0.05) is 24.6 Å². The second-order valence-electron chi connectivity index (χ2n) is 5.28. The largest absolute Gasteiger partial charge is 0.481 e. The third-order valence-corrected chi connectivity index (χ3v) is 3.93. The number of amides is 1. The number of benzene rings is 1. The zero-order valence-corrected chi connectivity index (χ0v) is 11.4. The molecule has 2 rings (SSSR count). The smallest absolute Gasteiger partial charge is 0.311 e. The van der Waals surface area contributed by atoms with Crippen LogP contribution < -0.4 is 5.32 Å². The van der Waals surface area contributed by atoms with E-state index in [4.69, 9.17) is 5.11 Å². The van der Waals surface area contributed by atoms with Gasteiger partial charge in [-0.2, -0.15) is 0 Å². The Morgan fingerprint density at radius 3 is 2.52 bits per heavy atom. The summed E-state index contributed by atoms with van der Waals surface area (Å²) in [6, 6.07) is 6.02. The van der Waals surface area contributed by atoms with E-state index in [2.05, 4.69) is 5.32 Å². The molecule has 1 amide bonds. The molecule has 2 N–H and O–H groups in total. The monoisotopic (exact) mass is 292 g/mol. The maximum Gasteiger partial charge on any atom is 0.311 e. The average Bonchev–Trinajstić information content (AvgIpc) is 2.37. The summed E-state index contributed by atoms with van der Waals surface area (Å²) >= 11 is 0. The van der Waals surface area contributed by atoms with E-state index < -0.39 is 22.2 Å². The zero-order chi connectivity index (χ0) is 15.5. The highest BCUT2D eigenvalue weighted by atomic mass is 16.6. The van der Waals surface area contributed by atoms with E-state index in [0.29, 0.717) is 18.4 Å². The average molecular weight is 292 g/mol. The van der Waals surface area contributed by atoms with E-state index in [9.17, 15) is 19.7 Å². The first-order valence-corrected chi connectivity index (χ1v) is 6.67. The third kappa shape index (κ3) is 3.18. The fourth-order valence-corrected chi connectivity index (χ4v) is 2.41. The fraction of sp³-hybridized carbons (Fsp3) is 0.429. The number of nitro groups is 1. The Morgan fingerprint density at radius 2 is 2.00 bits per heavy atom. The van der Waals surface area contributed by atoms with E-state index in [-0.39, 0.29) is 18.7 Å². The molecule has 1 aliphatic rings. The minimum atomic E-state index is -0.903. The summed E-state index contributed by atoms with van der Waals surface area (Å²) in [6.45, 7) is 0.0712. The van der Waals surface area contributed by atoms with Crippen molar-refractivity contribution in [2.24, 2.45) is 5.41 Å². The quantitative estimate of drug-likeness (QED) is 0.610. The Balaban J connectivity index is 1.97. The highest BCUT2D eigenvalue weighted by Gasteiger charge is 2.44. The van der Waals surface area contributed by atoms with Gasteiger partial charge in [0.2, 0.25) is 5.91 Å². The van der Waals surface area contributed by atoms with Crippen molar-refractivity contribution in [3.05, 3.63) is 39.9 Å². The Morgan fingerprint density at radius 1 is 1.33 bits per heavy atom. The van der Waals surface area contributed by atoms with Crippen LogP contribution in [-0.4, -0.2) is 28.5 Å². The molecule has 0 bridgehead atoms. The second-order valence-corrected chi connectivity index (χ2v) is 5.28. The van der Waals surface area contributed by atoms with Crippen LogP contribution in [0, 0.1) is 15.5 Å². The van der Waals surface area contributed by atoms with Gasteiger partial charge in [-0.15, -0.1) is 0 Å². The molecule has 1 fully saturated rings. The Hall–Kier alpha value is -2.44. The third-order valence-electron chi connectivity index (χ3n) is 3.93. The molecule has 0 heterocycles. The minimum Gasteiger partial charge on any atom is -0.481 e. The molecule has 0 spiro atoms. The standard InChI is InChI=1S/C14H16N2O5/c17-12(15-9-14(13(18)19)6-3-7-14)8-10-4-1-2-5-11(10)16(20)21/h1-2,4-5H,3,6-9H2,(H,15,17)(H,18,19). The normalized spacial score (nSPS) is 15.8. The Kier molecular flexibility index (Phi) is 4.21. The number of carbonyl (C=O) groups excluding carboxylic acids is 1. The Labute approximate surface area is 121 Å². The van der Waals surface area contributed by atoms with Crippen LogP contribution in [0.2, 0.25) is 0 Å². The molecule has 0 aromatic heterocycles. The summed E-state index contributed by atoms with van der Waals surface area (Å²) in [4.78, 5) is 33.4. The van der Waals surface area contributed by atoms with Gasteiger partial charge < -0.3 is 10.4 Å². The maximum atomic E-state index is 11.9. The number of nitrogens with zero attached hydrogens (tertiary/aromatic N) is 1. The van der Waals surface area contributed by atoms with Crippen molar-refractivity contribution in [2.45, 2.75) is 25.7 Å². The van der Waals surface area contributed by atoms with Gasteiger partial charge in [-0.3, -0.25) is 19.7 Å². The molecule has 0 atom stereocenters. The molecular formula is C14H16N2O5. The van der Waals surface area contributed by atoms with Gasteiger partial charge in [0.25, 0.3) is 5.69 Å². The molecule has 1 aliphatic carbocycles. The summed E-state index contributed by atoms with van der Waals surface area (Å²) in [5.41, 5.74) is -0.652. The SMILES string of the molecule is O=C(Cc1ccccc1[N+](=O)[O-])NCC1(C(=O)O)CCC1. The topological polar surface area (TPSA) is 110 Å². The molecule has 0 unspecified atom stereocenters. The van der Waals surface area contributed by atoms with Gasteiger partial charge >= 0.3 is 5.97 Å². The number of hydrogen-bond acceptors (Lipinski definition) is 4. The number of carboxylic acid groups (broad SMARTS) is 1. The van der Waals surface area contributed by atoms with E-state index >= 15 is 0 Å². The summed E-state index contributed by atoms with van der Waals surface area (Å²) < 4.78 is 0. The van der Waals surface area contributed by atoms with Crippen LogP contribution in [0.15, 0.2) is 24.3 Å². The first-order chi connectivity index (χ1) is 9.94. The second kappa shape index (κ2) is 5.90. The molecule has 1 aromatic carbocycles. The van der Waals surface area contributed by atoms with Crippen LogP contribution in [0.5, 0.6) is 0 Å². The number of rotatable bonds is 6. The molecule has 0 aliphatic heterocycles. The van der Waals surface area contributed by atoms with Crippen LogP contribution in [0.3, 0.4) is 0 Å². The Bertz CT molecular complexity index is 580. The number of aliphatic carboxylic acids is 1. The van der Waals surface area contributed by atoms with Crippen LogP contribution in [0.25, 0.3) is 0 Å². The summed E-state index contributed by atoms with van der Waals surface area (Å²) in [5, 5.41) is 22.6. The summed E-state index contributed by atoms with van der Waals surface area (Å²) in [5.74, 6) is -1.31. The van der Waals surface area contributed by atoms with E-state index in [1.807, 2.05) is 0 Å². The lowest BCUT2D eigenvalue weighted by Crippen LogP contribution is -2.47. The van der Waals surface area contributed by atoms with E-state index in [1.54, 1.807) is 6.07 Å². The fourth-order valence-electron chi connectivity index (χ4n) is 2.41. The lowest BCUT2D eigenvalue weighted by molar-refractivity contribution is -0.385. The molecule has 0 radical (unpaired) electrons. The number of carboxylic acids is 1. The summed E-state index contributed by atoms with van der Waals surface area (Å²) in [6.07, 6.45) is 1.81. The molecule has 1 saturated carbocycles. The van der Waals surface area contributed by atoms with Gasteiger partial charge in [-0.05, 0) is 12.8 Å². The van der Waals surface area contributed by atoms with Gasteiger partial charge in [0, 0.05) is 18.2 Å². The van der Waals surface area contributed by atoms with Crippen molar-refractivity contribution in [1.82, 2.24) is 5.32 Å². The van der Waals surface area contributed by atoms with Crippen LogP contribution >= 0.6 is 0 Å². The predicted molar refractivity (Wildman–Crippen MR) is 73.7 cm³/mol. The number of carbonyl (C=O) groups is 2. The number of nitro benzene ring substituents is 1. The summed E-state index contributed by atoms with van der Waals surface area (Å²) in [7, 11) is 0. The molecule has 7 heteroatoms. The van der Waals surface area contributed by atoms with E-state index in [0.717, 1.165) is 6.42 Å².